The van der Waals surface area contributed by atoms with Crippen molar-refractivity contribution in [1.29, 1.82) is 0 Å². The minimum atomic E-state index is -1.56. The molecule has 1 saturated heterocycles. The number of terminal acetylenes is 1. The fourth-order valence-electron chi connectivity index (χ4n) is 7.27. The van der Waals surface area contributed by atoms with Gasteiger partial charge in [0.1, 0.15) is 49.1 Å². The number of aryl methyl sites for hydroxylation is 3. The van der Waals surface area contributed by atoms with E-state index in [0.717, 1.165) is 61.1 Å². The molecule has 0 saturated carbocycles. The van der Waals surface area contributed by atoms with E-state index in [1.165, 1.54) is 45.1 Å². The second kappa shape index (κ2) is 38.0. The zero-order chi connectivity index (χ0) is 65.3. The molecule has 10 rings (SSSR count). The number of nitrogen functional groups attached to an aromatic ring is 1. The van der Waals surface area contributed by atoms with Crippen molar-refractivity contribution < 1.29 is 35.7 Å². The van der Waals surface area contributed by atoms with Crippen LogP contribution in [0.15, 0.2) is 170 Å². The molecule has 90 heavy (non-hydrogen) atoms. The predicted molar refractivity (Wildman–Crippen MR) is 379 cm³/mol. The molecule has 0 unspecified atom stereocenters. The van der Waals surface area contributed by atoms with Crippen molar-refractivity contribution in [1.82, 2.24) is 43.6 Å². The van der Waals surface area contributed by atoms with Crippen LogP contribution in [0.2, 0.25) is 59.9 Å². The van der Waals surface area contributed by atoms with Crippen LogP contribution in [0.25, 0.3) is 0 Å². The van der Waals surface area contributed by atoms with Crippen molar-refractivity contribution in [3.63, 3.8) is 0 Å². The molecule has 0 atom stereocenters. The molecule has 1 fully saturated rings. The van der Waals surface area contributed by atoms with Crippen molar-refractivity contribution in [2.75, 3.05) is 29.6 Å². The largest absolute Gasteiger partial charge is 1.00 e. The molecule has 4 N–H and O–H groups in total. The number of anilines is 5. The minimum absolute atomic E-state index is 0. The van der Waals surface area contributed by atoms with Crippen LogP contribution in [0.1, 0.15) is 53.2 Å². The molecule has 0 radical (unpaired) electrons. The summed E-state index contributed by atoms with van der Waals surface area (Å²) in [5, 5.41) is 6.55. The molecule has 1 aliphatic heterocycles. The number of ether oxygens (including phenoxy) is 1. The average Bonchev–Trinajstić information content (AvgIpc) is 1.31. The molecule has 16 nitrogen and oxygen atoms in total. The van der Waals surface area contributed by atoms with Crippen LogP contribution in [-0.2, 0) is 24.4 Å². The summed E-state index contributed by atoms with van der Waals surface area (Å²) in [5.41, 5.74) is 17.5. The van der Waals surface area contributed by atoms with E-state index < -0.39 is 16.1 Å². The number of nitrogens with one attached hydrogen (secondary N) is 2. The third kappa shape index (κ3) is 27.7. The van der Waals surface area contributed by atoms with Crippen LogP contribution < -0.4 is 62.6 Å². The van der Waals surface area contributed by atoms with Gasteiger partial charge in [-0.25, -0.2) is 29.9 Å². The Hall–Kier alpha value is -6.22. The van der Waals surface area contributed by atoms with Gasteiger partial charge in [0, 0.05) is 50.4 Å². The molecule has 0 amide bonds. The zero-order valence-electron chi connectivity index (χ0n) is 52.9. The second-order valence-corrected chi connectivity index (χ2v) is 34.8. The van der Waals surface area contributed by atoms with Gasteiger partial charge in [-0.3, -0.25) is 14.4 Å². The van der Waals surface area contributed by atoms with Crippen LogP contribution in [0, 0.1) is 44.2 Å². The van der Waals surface area contributed by atoms with Gasteiger partial charge in [0.05, 0.1) is 34.1 Å². The Morgan fingerprint density at radius 1 is 0.567 bits per heavy atom. The van der Waals surface area contributed by atoms with Crippen LogP contribution in [-0.4, -0.2) is 73.0 Å². The van der Waals surface area contributed by atoms with Gasteiger partial charge in [0.15, 0.2) is 16.8 Å². The molecule has 25 heteroatoms. The summed E-state index contributed by atoms with van der Waals surface area (Å²) in [6.07, 6.45) is 17.4. The maximum absolute atomic E-state index is 12.9. The SMILES string of the molecule is C#C[Si](C)(C)C.C1CCOC1.Cc1cnc(N)c(Br)c1.Cc1cnc(Nc2nc(Cl)cn(Cc3ccccc3)c2=O)c(Br)c1.Cc1cnc(Nc2nc(Cl)cn(Cc3ccccc3)c2=O)c(C#C[Si](C)(C)C)c1.O=c1c(Cl)nc(Cl)cn1Cc1ccccc1.[H-].[Na+]. The molecular weight excluding hydrogens is 1390 g/mol. The first-order valence-corrected chi connectivity index (χ1v) is 37.9. The van der Waals surface area contributed by atoms with E-state index >= 15 is 0 Å². The van der Waals surface area contributed by atoms with E-state index in [-0.39, 0.29) is 79.9 Å². The summed E-state index contributed by atoms with van der Waals surface area (Å²) in [6.45, 7) is 22.1. The number of aromatic nitrogens is 9. The Morgan fingerprint density at radius 3 is 1.32 bits per heavy atom. The van der Waals surface area contributed by atoms with Gasteiger partial charge < -0.3 is 36.2 Å². The number of halogens is 6. The molecule has 0 bridgehead atoms. The quantitative estimate of drug-likeness (QED) is 0.0863. The van der Waals surface area contributed by atoms with Gasteiger partial charge in [-0.05, 0) is 117 Å². The van der Waals surface area contributed by atoms with Gasteiger partial charge in [-0.1, -0.05) is 183 Å². The maximum Gasteiger partial charge on any atom is 1.00 e. The minimum Gasteiger partial charge on any atom is -1.00 e. The second-order valence-electron chi connectivity index (χ2n) is 22.0. The third-order valence-corrected chi connectivity index (χ3v) is 15.5. The monoisotopic (exact) mass is 1460 g/mol. The smallest absolute Gasteiger partial charge is 1.00 e. The van der Waals surface area contributed by atoms with Gasteiger partial charge in [0.25, 0.3) is 16.7 Å². The Kier molecular flexibility index (Phi) is 32.2. The summed E-state index contributed by atoms with van der Waals surface area (Å²) in [4.78, 5) is 61.8. The van der Waals surface area contributed by atoms with Crippen LogP contribution in [0.5, 0.6) is 0 Å². The van der Waals surface area contributed by atoms with Gasteiger partial charge in [-0.2, -0.15) is 0 Å². The maximum atomic E-state index is 12.9. The van der Waals surface area contributed by atoms with E-state index in [4.69, 9.17) is 63.3 Å². The molecule has 7 heterocycles. The number of pyridine rings is 3. The predicted octanol–water partition coefficient (Wildman–Crippen LogP) is 12.5. The van der Waals surface area contributed by atoms with Crippen LogP contribution in [0.4, 0.5) is 29.1 Å². The Morgan fingerprint density at radius 2 is 0.944 bits per heavy atom. The summed E-state index contributed by atoms with van der Waals surface area (Å²) in [5.74, 6) is 5.03. The number of rotatable bonds is 10. The molecule has 3 aromatic carbocycles. The van der Waals surface area contributed by atoms with E-state index in [2.05, 4.69) is 129 Å². The first-order chi connectivity index (χ1) is 42.2. The molecule has 0 aliphatic carbocycles. The summed E-state index contributed by atoms with van der Waals surface area (Å²) >= 11 is 30.3. The van der Waals surface area contributed by atoms with Gasteiger partial charge in [0.2, 0.25) is 0 Å². The number of benzene rings is 3. The van der Waals surface area contributed by atoms with Gasteiger partial charge in [-0.15, -0.1) is 17.5 Å². The van der Waals surface area contributed by atoms with Crippen LogP contribution >= 0.6 is 78.3 Å². The molecular formula is C65H71Br2Cl4N12NaO4Si2. The normalized spacial score (nSPS) is 11.2. The van der Waals surface area contributed by atoms with E-state index in [1.54, 1.807) is 18.6 Å². The molecule has 9 aromatic rings. The molecule has 6 aromatic heterocycles. The number of nitrogens with zero attached hydrogens (tertiary/aromatic N) is 9. The molecule has 466 valence electrons. The Balaban J connectivity index is 0.000000312. The number of nitrogens with two attached hydrogens (primary N) is 1. The average molecular weight is 1470 g/mol. The van der Waals surface area contributed by atoms with Crippen molar-refractivity contribution in [3.8, 4) is 23.4 Å². The first kappa shape index (κ1) is 76.2. The van der Waals surface area contributed by atoms with Crippen molar-refractivity contribution in [2.45, 2.75) is 92.5 Å². The molecule has 0 spiro atoms. The standard InChI is InChI=1S/C22H23ClN4OSi.C17H14BrClN4O.C11H8Cl2N2O.C6H7BrN2.C5H10Si.C4H8O.Na.H/c1-16-12-18(10-11-29(2,3)4)20(24-13-16)26-21-22(28)27(15-19(23)25-21)14-17-8-6-5-7-9-17;1-11-7-13(18)15(20-8-11)22-16-17(24)23(10-14(19)21-16)9-12-5-3-2-4-6-12;12-9-7-15(11(16)10(13)14-9)6-8-4-2-1-3-5-8;1-4-2-5(7)6(8)9-3-4;1-5-6(2,3)4;1-2-4-5-3-1;;/h5-9,12-13,15H,14H2,1-4H3,(H,24,25,26);2-8,10H,9H2,1H3,(H,20,21,22);1-5,7H,6H2;2-3H,1H3,(H2,8,9);1H,2-4H3;1-4H2;;/q;;;;;;+1;-1. The fourth-order valence-corrected chi connectivity index (χ4v) is 9.65. The van der Waals surface area contributed by atoms with E-state index in [0.29, 0.717) is 37.1 Å². The first-order valence-electron chi connectivity index (χ1n) is 27.8. The summed E-state index contributed by atoms with van der Waals surface area (Å²) in [6, 6.07) is 34.8. The zero-order valence-corrected chi connectivity index (χ0v) is 62.1. The Bertz CT molecular complexity index is 4090. The summed E-state index contributed by atoms with van der Waals surface area (Å²) < 4.78 is 11.1. The van der Waals surface area contributed by atoms with Crippen molar-refractivity contribution in [3.05, 3.63) is 246 Å². The number of hydrogen-bond donors (Lipinski definition) is 3. The third-order valence-electron chi connectivity index (χ3n) is 11.7. The van der Waals surface area contributed by atoms with Crippen LogP contribution in [0.3, 0.4) is 0 Å². The topological polar surface area (TPSA) is 203 Å². The van der Waals surface area contributed by atoms with E-state index in [1.807, 2.05) is 130 Å². The van der Waals surface area contributed by atoms with Crippen molar-refractivity contribution >= 4 is 124 Å². The van der Waals surface area contributed by atoms with Gasteiger partial charge >= 0.3 is 29.6 Å². The molecule has 1 aliphatic rings. The van der Waals surface area contributed by atoms with Crippen molar-refractivity contribution in [2.24, 2.45) is 0 Å². The van der Waals surface area contributed by atoms with E-state index in [9.17, 15) is 14.4 Å². The fraction of sp³-hybridized carbons (Fsp3) is 0.246. The number of hydrogen-bond acceptors (Lipinski definition) is 13. The summed E-state index contributed by atoms with van der Waals surface area (Å²) in [7, 11) is -2.67. The Labute approximate surface area is 588 Å².